The molecule has 79 valence electrons. The van der Waals surface area contributed by atoms with Gasteiger partial charge in [-0.2, -0.15) is 0 Å². The van der Waals surface area contributed by atoms with Crippen molar-refractivity contribution in [2.24, 2.45) is 0 Å². The molecule has 0 aliphatic carbocycles. The van der Waals surface area contributed by atoms with Gasteiger partial charge in [-0.1, -0.05) is 18.1 Å². The molecule has 0 aliphatic rings. The maximum atomic E-state index is 11.6. The lowest BCUT2D eigenvalue weighted by molar-refractivity contribution is 0.593. The van der Waals surface area contributed by atoms with Gasteiger partial charge in [-0.15, -0.1) is 0 Å². The summed E-state index contributed by atoms with van der Waals surface area (Å²) in [5.74, 6) is 2.18. The van der Waals surface area contributed by atoms with E-state index in [1.54, 1.807) is 38.1 Å². The van der Waals surface area contributed by atoms with Gasteiger partial charge in [0.05, 0.1) is 10.9 Å². The first-order chi connectivity index (χ1) is 6.97. The highest BCUT2D eigenvalue weighted by atomic mass is 32.2. The SMILES string of the molecule is [C]#Cc1ccccc1NS(=O)(=O)C(C)C. The van der Waals surface area contributed by atoms with Crippen LogP contribution in [-0.2, 0) is 10.0 Å². The van der Waals surface area contributed by atoms with E-state index in [4.69, 9.17) is 6.42 Å². The summed E-state index contributed by atoms with van der Waals surface area (Å²) >= 11 is 0. The molecule has 0 spiro atoms. The smallest absolute Gasteiger partial charge is 0.235 e. The maximum Gasteiger partial charge on any atom is 0.235 e. The Kier molecular flexibility index (Phi) is 3.38. The predicted octanol–water partition coefficient (Wildman–Crippen LogP) is 1.77. The van der Waals surface area contributed by atoms with Gasteiger partial charge >= 0.3 is 0 Å². The topological polar surface area (TPSA) is 46.2 Å². The summed E-state index contributed by atoms with van der Waals surface area (Å²) < 4.78 is 25.6. The van der Waals surface area contributed by atoms with Crippen molar-refractivity contribution >= 4 is 15.7 Å². The average molecular weight is 222 g/mol. The van der Waals surface area contributed by atoms with E-state index in [0.717, 1.165) is 0 Å². The Labute approximate surface area is 90.6 Å². The lowest BCUT2D eigenvalue weighted by Crippen LogP contribution is -2.22. The molecule has 1 rings (SSSR count). The molecule has 0 bridgehead atoms. The van der Waals surface area contributed by atoms with E-state index >= 15 is 0 Å². The fourth-order valence-electron chi connectivity index (χ4n) is 0.952. The van der Waals surface area contributed by atoms with Crippen LogP contribution in [0.2, 0.25) is 0 Å². The highest BCUT2D eigenvalue weighted by Crippen LogP contribution is 2.16. The standard InChI is InChI=1S/C11H12NO2S/c1-4-10-7-5-6-8-11(10)12-15(13,14)9(2)3/h5-9,12H,2-3H3. The van der Waals surface area contributed by atoms with Gasteiger partial charge in [0.2, 0.25) is 10.0 Å². The van der Waals surface area contributed by atoms with Crippen molar-refractivity contribution in [3.05, 3.63) is 36.3 Å². The second-order valence-electron chi connectivity index (χ2n) is 3.37. The monoisotopic (exact) mass is 222 g/mol. The van der Waals surface area contributed by atoms with E-state index < -0.39 is 15.3 Å². The van der Waals surface area contributed by atoms with Crippen molar-refractivity contribution in [1.82, 2.24) is 0 Å². The first-order valence-corrected chi connectivity index (χ1v) is 6.05. The summed E-state index contributed by atoms with van der Waals surface area (Å²) in [6.45, 7) is 3.19. The van der Waals surface area contributed by atoms with E-state index in [2.05, 4.69) is 10.6 Å². The molecule has 0 aliphatic heterocycles. The lowest BCUT2D eigenvalue weighted by atomic mass is 10.2. The second kappa shape index (κ2) is 4.37. The molecule has 1 N–H and O–H groups in total. The zero-order chi connectivity index (χ0) is 11.5. The first-order valence-electron chi connectivity index (χ1n) is 4.51. The van der Waals surface area contributed by atoms with Crippen LogP contribution in [0.15, 0.2) is 24.3 Å². The summed E-state index contributed by atoms with van der Waals surface area (Å²) in [5.41, 5.74) is 0.822. The Bertz CT molecular complexity index is 484. The Balaban J connectivity index is 3.06. The number of benzene rings is 1. The summed E-state index contributed by atoms with van der Waals surface area (Å²) in [7, 11) is -3.36. The molecule has 0 saturated carbocycles. The molecule has 1 radical (unpaired) electrons. The van der Waals surface area contributed by atoms with Crippen LogP contribution < -0.4 is 4.72 Å². The minimum absolute atomic E-state index is 0.390. The quantitative estimate of drug-likeness (QED) is 0.792. The summed E-state index contributed by atoms with van der Waals surface area (Å²) in [6.07, 6.45) is 7.01. The minimum atomic E-state index is -3.36. The van der Waals surface area contributed by atoms with Gasteiger partial charge in [0, 0.05) is 5.56 Å². The Morgan fingerprint density at radius 2 is 1.93 bits per heavy atom. The number of rotatable bonds is 3. The van der Waals surface area contributed by atoms with Gasteiger partial charge in [-0.25, -0.2) is 8.42 Å². The third-order valence-electron chi connectivity index (χ3n) is 1.93. The fourth-order valence-corrected chi connectivity index (χ4v) is 1.67. The van der Waals surface area contributed by atoms with Gasteiger partial charge in [-0.05, 0) is 32.4 Å². The highest BCUT2D eigenvalue weighted by Gasteiger charge is 2.16. The Hall–Kier alpha value is -1.47. The van der Waals surface area contributed by atoms with Crippen molar-refractivity contribution in [1.29, 1.82) is 0 Å². The number of hydrogen-bond acceptors (Lipinski definition) is 2. The van der Waals surface area contributed by atoms with Crippen LogP contribution in [-0.4, -0.2) is 13.7 Å². The van der Waals surface area contributed by atoms with Crippen LogP contribution in [0.25, 0.3) is 0 Å². The molecule has 0 amide bonds. The van der Waals surface area contributed by atoms with E-state index in [9.17, 15) is 8.42 Å². The van der Waals surface area contributed by atoms with E-state index in [-0.39, 0.29) is 0 Å². The first kappa shape index (κ1) is 11.6. The van der Waals surface area contributed by atoms with E-state index in [1.807, 2.05) is 0 Å². The Morgan fingerprint density at radius 1 is 1.33 bits per heavy atom. The van der Waals surface area contributed by atoms with Gasteiger partial charge in [0.1, 0.15) is 0 Å². The molecule has 0 saturated heterocycles. The predicted molar refractivity (Wildman–Crippen MR) is 60.4 cm³/mol. The Morgan fingerprint density at radius 3 is 2.47 bits per heavy atom. The number of para-hydroxylation sites is 1. The number of anilines is 1. The van der Waals surface area contributed by atoms with Crippen molar-refractivity contribution in [2.45, 2.75) is 19.1 Å². The van der Waals surface area contributed by atoms with Crippen molar-refractivity contribution < 1.29 is 8.42 Å². The van der Waals surface area contributed by atoms with Crippen LogP contribution in [0.1, 0.15) is 19.4 Å². The average Bonchev–Trinajstić information content (AvgIpc) is 2.18. The summed E-state index contributed by atoms with van der Waals surface area (Å²) in [4.78, 5) is 0. The molecule has 0 aromatic heterocycles. The molecule has 0 unspecified atom stereocenters. The summed E-state index contributed by atoms with van der Waals surface area (Å²) in [6, 6.07) is 6.67. The van der Waals surface area contributed by atoms with Gasteiger partial charge < -0.3 is 0 Å². The fraction of sp³-hybridized carbons (Fsp3) is 0.273. The number of nitrogens with one attached hydrogen (secondary N) is 1. The molecule has 1 aromatic carbocycles. The molecule has 3 nitrogen and oxygen atoms in total. The zero-order valence-electron chi connectivity index (χ0n) is 8.61. The van der Waals surface area contributed by atoms with E-state index in [0.29, 0.717) is 11.3 Å². The molecular weight excluding hydrogens is 210 g/mol. The number of sulfonamides is 1. The lowest BCUT2D eigenvalue weighted by Gasteiger charge is -2.11. The van der Waals surface area contributed by atoms with Crippen LogP contribution >= 0.6 is 0 Å². The maximum absolute atomic E-state index is 11.6. The molecule has 1 aromatic rings. The molecule has 4 heteroatoms. The molecule has 15 heavy (non-hydrogen) atoms. The van der Waals surface area contributed by atoms with Gasteiger partial charge in [-0.3, -0.25) is 4.72 Å². The molecule has 0 atom stereocenters. The summed E-state index contributed by atoms with van der Waals surface area (Å²) in [5, 5.41) is -0.503. The zero-order valence-corrected chi connectivity index (χ0v) is 9.43. The van der Waals surface area contributed by atoms with Crippen molar-refractivity contribution in [2.75, 3.05) is 4.72 Å². The van der Waals surface area contributed by atoms with Crippen LogP contribution in [0.5, 0.6) is 0 Å². The van der Waals surface area contributed by atoms with Crippen molar-refractivity contribution in [3.8, 4) is 5.92 Å². The number of hydrogen-bond donors (Lipinski definition) is 1. The normalized spacial score (nSPS) is 11.1. The highest BCUT2D eigenvalue weighted by molar-refractivity contribution is 7.93. The second-order valence-corrected chi connectivity index (χ2v) is 5.60. The molecule has 0 heterocycles. The van der Waals surface area contributed by atoms with Crippen molar-refractivity contribution in [3.63, 3.8) is 0 Å². The minimum Gasteiger partial charge on any atom is -0.282 e. The van der Waals surface area contributed by atoms with Gasteiger partial charge in [0.25, 0.3) is 0 Å². The molecule has 0 fully saturated rings. The van der Waals surface area contributed by atoms with E-state index in [1.165, 1.54) is 0 Å². The molecular formula is C11H12NO2S. The third-order valence-corrected chi connectivity index (χ3v) is 3.68. The van der Waals surface area contributed by atoms with Gasteiger partial charge in [0.15, 0.2) is 0 Å². The third kappa shape index (κ3) is 2.74. The van der Waals surface area contributed by atoms with Crippen LogP contribution in [0.4, 0.5) is 5.69 Å². The largest absolute Gasteiger partial charge is 0.282 e. The van der Waals surface area contributed by atoms with Crippen LogP contribution in [0.3, 0.4) is 0 Å². The van der Waals surface area contributed by atoms with Crippen LogP contribution in [0, 0.1) is 12.3 Å².